The molecule has 1 saturated heterocycles. The number of nitrogen functional groups attached to an aromatic ring is 1. The van der Waals surface area contributed by atoms with E-state index in [1.165, 1.54) is 0 Å². The van der Waals surface area contributed by atoms with Crippen molar-refractivity contribution >= 4 is 11.9 Å². The average Bonchev–Trinajstić information content (AvgIpc) is 3.31. The van der Waals surface area contributed by atoms with E-state index in [0.717, 1.165) is 41.5 Å². The summed E-state index contributed by atoms with van der Waals surface area (Å²) in [5.41, 5.74) is 9.06. The fraction of sp³-hybridized carbons (Fsp3) is 0.407. The molecule has 3 aromatic heterocycles. The molecule has 0 bridgehead atoms. The number of carbonyl (C=O) groups is 1. The van der Waals surface area contributed by atoms with Gasteiger partial charge in [0.25, 0.3) is 5.89 Å². The Morgan fingerprint density at radius 3 is 2.58 bits per heavy atom. The first-order valence-corrected chi connectivity index (χ1v) is 12.8. The number of nitrogens with zero attached hydrogens (tertiary/aromatic N) is 7. The predicted octanol–water partition coefficient (Wildman–Crippen LogP) is 2.29. The Morgan fingerprint density at radius 1 is 1.13 bits per heavy atom. The van der Waals surface area contributed by atoms with E-state index in [-0.39, 0.29) is 30.0 Å². The molecule has 4 heterocycles. The fourth-order valence-electron chi connectivity index (χ4n) is 5.22. The quantitative estimate of drug-likeness (QED) is 0.354. The zero-order chi connectivity index (χ0) is 26.3. The molecule has 11 heteroatoms. The number of methoxy groups -OCH3 is 1. The van der Waals surface area contributed by atoms with Gasteiger partial charge in [-0.25, -0.2) is 9.97 Å². The van der Waals surface area contributed by atoms with Crippen molar-refractivity contribution in [2.24, 2.45) is 5.92 Å². The van der Waals surface area contributed by atoms with Gasteiger partial charge in [-0.1, -0.05) is 24.3 Å². The number of carbonyl (C=O) groups excluding carboxylic acids is 1. The molecule has 1 aromatic carbocycles. The highest BCUT2D eigenvalue weighted by Crippen LogP contribution is 2.45. The zero-order valence-corrected chi connectivity index (χ0v) is 21.5. The standard InChI is InChI=1S/C27H31N8O3/c1-27(22-7-8-22,21-5-3-18(4-6-21)19-11-29-26(28)30-12-19)35-17-38-25(32-35)20-13-31-34(14-20)16-24(36)33-10-9-23(15-33)37-2/h3-6,11-14,17,22-23H,7-10,15-16H2,1-2H3,(H2,28,29,30)/q+1/t23-,27+/m1/s1. The van der Waals surface area contributed by atoms with Crippen LogP contribution >= 0.6 is 0 Å². The Labute approximate surface area is 220 Å². The summed E-state index contributed by atoms with van der Waals surface area (Å²) in [6.07, 6.45) is 11.8. The number of amides is 1. The number of aromatic nitrogens is 6. The van der Waals surface area contributed by atoms with Crippen LogP contribution in [0, 0.1) is 5.92 Å². The SMILES string of the molecule is CO[C@@H]1CCN(C(=O)Cn2cc(-c3n[n+]([C@@](C)(c4ccc(-c5cnc(N)nc5)cc4)C4CC4)co3)cn2)C1. The monoisotopic (exact) mass is 515 g/mol. The Hall–Kier alpha value is -4.12. The second kappa shape index (κ2) is 9.64. The van der Waals surface area contributed by atoms with Gasteiger partial charge < -0.3 is 19.8 Å². The molecule has 196 valence electrons. The van der Waals surface area contributed by atoms with Gasteiger partial charge in [0, 0.05) is 67.9 Å². The molecule has 2 fully saturated rings. The number of nitrogens with two attached hydrogens (primary N) is 1. The first-order valence-electron chi connectivity index (χ1n) is 12.8. The molecule has 4 aromatic rings. The van der Waals surface area contributed by atoms with Gasteiger partial charge in [0.05, 0.1) is 17.9 Å². The number of hydrogen-bond acceptors (Lipinski definition) is 8. The summed E-state index contributed by atoms with van der Waals surface area (Å²) in [6, 6.07) is 8.40. The number of hydrogen-bond donors (Lipinski definition) is 1. The highest BCUT2D eigenvalue weighted by atomic mass is 16.5. The topological polar surface area (TPSA) is 129 Å². The molecule has 1 saturated carbocycles. The molecule has 1 aliphatic heterocycles. The van der Waals surface area contributed by atoms with Crippen molar-refractivity contribution in [1.29, 1.82) is 0 Å². The lowest BCUT2D eigenvalue weighted by molar-refractivity contribution is -0.806. The third-order valence-electron chi connectivity index (χ3n) is 7.79. The molecule has 38 heavy (non-hydrogen) atoms. The van der Waals surface area contributed by atoms with E-state index < -0.39 is 0 Å². The highest BCUT2D eigenvalue weighted by molar-refractivity contribution is 5.76. The third kappa shape index (κ3) is 4.53. The van der Waals surface area contributed by atoms with Gasteiger partial charge in [-0.3, -0.25) is 9.48 Å². The summed E-state index contributed by atoms with van der Waals surface area (Å²) in [5, 5.41) is 9.20. The van der Waals surface area contributed by atoms with Crippen molar-refractivity contribution in [2.45, 2.75) is 44.4 Å². The van der Waals surface area contributed by atoms with E-state index >= 15 is 0 Å². The average molecular weight is 516 g/mol. The molecule has 2 N–H and O–H groups in total. The van der Waals surface area contributed by atoms with Crippen LogP contribution in [0.3, 0.4) is 0 Å². The maximum absolute atomic E-state index is 12.7. The van der Waals surface area contributed by atoms with Gasteiger partial charge in [-0.15, -0.1) is 0 Å². The van der Waals surface area contributed by atoms with Crippen LogP contribution in [0.1, 0.15) is 31.7 Å². The second-order valence-electron chi connectivity index (χ2n) is 10.2. The van der Waals surface area contributed by atoms with Gasteiger partial charge in [0.1, 0.15) is 6.54 Å². The van der Waals surface area contributed by atoms with Crippen molar-refractivity contribution in [3.8, 4) is 22.6 Å². The predicted molar refractivity (Wildman–Crippen MR) is 137 cm³/mol. The van der Waals surface area contributed by atoms with Crippen LogP contribution < -0.4 is 10.4 Å². The molecule has 1 aliphatic carbocycles. The minimum Gasteiger partial charge on any atom is -0.383 e. The van der Waals surface area contributed by atoms with Crippen LogP contribution in [-0.4, -0.2) is 62.0 Å². The molecule has 11 nitrogen and oxygen atoms in total. The van der Waals surface area contributed by atoms with Crippen molar-refractivity contribution in [1.82, 2.24) is 29.7 Å². The molecule has 0 unspecified atom stereocenters. The molecule has 0 radical (unpaired) electrons. The van der Waals surface area contributed by atoms with E-state index in [2.05, 4.69) is 46.3 Å². The minimum atomic E-state index is -0.364. The minimum absolute atomic E-state index is 0.0250. The van der Waals surface area contributed by atoms with E-state index in [4.69, 9.17) is 20.0 Å². The maximum Gasteiger partial charge on any atom is 0.362 e. The van der Waals surface area contributed by atoms with Gasteiger partial charge in [0.2, 0.25) is 17.4 Å². The van der Waals surface area contributed by atoms with E-state index in [1.807, 2.05) is 9.58 Å². The molecular weight excluding hydrogens is 484 g/mol. The Morgan fingerprint density at radius 2 is 1.89 bits per heavy atom. The maximum atomic E-state index is 12.7. The Balaban J connectivity index is 1.20. The van der Waals surface area contributed by atoms with Gasteiger partial charge >= 0.3 is 6.39 Å². The summed E-state index contributed by atoms with van der Waals surface area (Å²) < 4.78 is 14.8. The molecule has 2 atom stereocenters. The van der Waals surface area contributed by atoms with Crippen LogP contribution in [0.2, 0.25) is 0 Å². The summed E-state index contributed by atoms with van der Waals surface area (Å²) in [4.78, 5) is 22.7. The van der Waals surface area contributed by atoms with E-state index in [0.29, 0.717) is 24.9 Å². The molecule has 0 spiro atoms. The highest BCUT2D eigenvalue weighted by Gasteiger charge is 2.53. The first-order chi connectivity index (χ1) is 18.4. The lowest BCUT2D eigenvalue weighted by Gasteiger charge is -2.21. The zero-order valence-electron chi connectivity index (χ0n) is 21.5. The van der Waals surface area contributed by atoms with Crippen molar-refractivity contribution in [2.75, 3.05) is 25.9 Å². The van der Waals surface area contributed by atoms with Crippen molar-refractivity contribution < 1.29 is 18.6 Å². The number of benzene rings is 1. The van der Waals surface area contributed by atoms with Crippen LogP contribution in [0.25, 0.3) is 22.6 Å². The number of anilines is 1. The number of ether oxygens (including phenoxy) is 1. The van der Waals surface area contributed by atoms with Gasteiger partial charge in [-0.05, 0) is 29.5 Å². The van der Waals surface area contributed by atoms with Crippen molar-refractivity contribution in [3.63, 3.8) is 0 Å². The third-order valence-corrected chi connectivity index (χ3v) is 7.79. The summed E-state index contributed by atoms with van der Waals surface area (Å²) in [5.74, 6) is 1.20. The lowest BCUT2D eigenvalue weighted by atomic mass is 9.86. The van der Waals surface area contributed by atoms with Crippen LogP contribution in [-0.2, 0) is 21.6 Å². The fourth-order valence-corrected chi connectivity index (χ4v) is 5.22. The number of likely N-dealkylation sites (tertiary alicyclic amines) is 1. The molecule has 1 amide bonds. The Bertz CT molecular complexity index is 1430. The summed E-state index contributed by atoms with van der Waals surface area (Å²) in [7, 11) is 1.68. The molecule has 6 rings (SSSR count). The first kappa shape index (κ1) is 24.2. The second-order valence-corrected chi connectivity index (χ2v) is 10.2. The largest absolute Gasteiger partial charge is 0.383 e. The summed E-state index contributed by atoms with van der Waals surface area (Å²) >= 11 is 0. The Kier molecular flexibility index (Phi) is 6.15. The summed E-state index contributed by atoms with van der Waals surface area (Å²) in [6.45, 7) is 3.70. The van der Waals surface area contributed by atoms with E-state index in [9.17, 15) is 4.79 Å². The molecular formula is C27H31N8O3+. The molecule has 2 aliphatic rings. The van der Waals surface area contributed by atoms with Gasteiger partial charge in [0.15, 0.2) is 0 Å². The smallest absolute Gasteiger partial charge is 0.362 e. The normalized spacial score (nSPS) is 19.0. The van der Waals surface area contributed by atoms with E-state index in [1.54, 1.807) is 43.0 Å². The van der Waals surface area contributed by atoms with Crippen molar-refractivity contribution in [3.05, 3.63) is 61.0 Å². The van der Waals surface area contributed by atoms with Crippen LogP contribution in [0.15, 0.2) is 59.9 Å². The number of rotatable bonds is 8. The lowest BCUT2D eigenvalue weighted by Crippen LogP contribution is -2.57. The van der Waals surface area contributed by atoms with Crippen LogP contribution in [0.5, 0.6) is 0 Å². The van der Waals surface area contributed by atoms with Gasteiger partial charge in [-0.2, -0.15) is 5.10 Å². The van der Waals surface area contributed by atoms with Crippen LogP contribution in [0.4, 0.5) is 5.95 Å².